The Bertz CT molecular complexity index is 1150. The van der Waals surface area contributed by atoms with Gasteiger partial charge in [0.1, 0.15) is 11.3 Å². The fourth-order valence-corrected chi connectivity index (χ4v) is 3.77. The van der Waals surface area contributed by atoms with Crippen LogP contribution in [0.1, 0.15) is 30.7 Å². The minimum atomic E-state index is -0.521. The predicted molar refractivity (Wildman–Crippen MR) is 115 cm³/mol. The van der Waals surface area contributed by atoms with Crippen molar-refractivity contribution in [2.24, 2.45) is 7.05 Å². The molecule has 0 radical (unpaired) electrons. The maximum absolute atomic E-state index is 12.3. The van der Waals surface area contributed by atoms with Crippen molar-refractivity contribution in [1.29, 1.82) is 0 Å². The monoisotopic (exact) mass is 410 g/mol. The van der Waals surface area contributed by atoms with Gasteiger partial charge in [0, 0.05) is 32.1 Å². The molecule has 0 bridgehead atoms. The van der Waals surface area contributed by atoms with Crippen LogP contribution < -0.4 is 16.6 Å². The van der Waals surface area contributed by atoms with Crippen LogP contribution in [-0.2, 0) is 24.7 Å². The number of rotatable bonds is 7. The number of aromatic nitrogens is 4. The van der Waals surface area contributed by atoms with Crippen molar-refractivity contribution in [1.82, 2.24) is 24.4 Å². The van der Waals surface area contributed by atoms with E-state index < -0.39 is 11.2 Å². The summed E-state index contributed by atoms with van der Waals surface area (Å²) in [5, 5.41) is 2.89. The van der Waals surface area contributed by atoms with Crippen molar-refractivity contribution in [2.75, 3.05) is 25.0 Å². The molecule has 158 valence electrons. The second-order valence-corrected chi connectivity index (χ2v) is 7.74. The Balaban J connectivity index is 1.31. The molecule has 3 aromatic rings. The van der Waals surface area contributed by atoms with Gasteiger partial charge in [-0.15, -0.1) is 0 Å². The molecule has 9 heteroatoms. The molecule has 0 aliphatic carbocycles. The third-order valence-electron chi connectivity index (χ3n) is 5.55. The van der Waals surface area contributed by atoms with Gasteiger partial charge in [-0.1, -0.05) is 12.1 Å². The van der Waals surface area contributed by atoms with Crippen LogP contribution in [0.5, 0.6) is 0 Å². The average Bonchev–Trinajstić information content (AvgIpc) is 3.40. The SMILES string of the molecule is Cn1c(=O)[nH]c(=O)c2[nH]c(CCC(=O)Nc3ccc(CCN4CCCC4)cc3)nc21. The molecule has 3 N–H and O–H groups in total. The molecule has 1 fully saturated rings. The maximum Gasteiger partial charge on any atom is 0.329 e. The second-order valence-electron chi connectivity index (χ2n) is 7.74. The smallest absolute Gasteiger partial charge is 0.329 e. The first-order valence-electron chi connectivity index (χ1n) is 10.3. The first-order chi connectivity index (χ1) is 14.5. The number of carbonyl (C=O) groups is 1. The molecule has 0 unspecified atom stereocenters. The average molecular weight is 410 g/mol. The minimum absolute atomic E-state index is 0.136. The van der Waals surface area contributed by atoms with Crippen LogP contribution in [0.2, 0.25) is 0 Å². The van der Waals surface area contributed by atoms with E-state index in [1.165, 1.54) is 43.1 Å². The second kappa shape index (κ2) is 8.66. The number of imidazole rings is 1. The van der Waals surface area contributed by atoms with E-state index in [-0.39, 0.29) is 23.5 Å². The lowest BCUT2D eigenvalue weighted by Gasteiger charge is -2.14. The van der Waals surface area contributed by atoms with Crippen molar-refractivity contribution >= 4 is 22.8 Å². The number of hydrogen-bond donors (Lipinski definition) is 3. The first kappa shape index (κ1) is 20.1. The van der Waals surface area contributed by atoms with Gasteiger partial charge in [0.2, 0.25) is 5.91 Å². The number of anilines is 1. The van der Waals surface area contributed by atoms with Crippen molar-refractivity contribution < 1.29 is 4.79 Å². The van der Waals surface area contributed by atoms with E-state index in [1.54, 1.807) is 0 Å². The van der Waals surface area contributed by atoms with Gasteiger partial charge in [0.15, 0.2) is 5.65 Å². The molecule has 3 heterocycles. The number of nitrogens with one attached hydrogen (secondary N) is 3. The first-order valence-corrected chi connectivity index (χ1v) is 10.3. The highest BCUT2D eigenvalue weighted by Crippen LogP contribution is 2.13. The lowest BCUT2D eigenvalue weighted by Crippen LogP contribution is -2.28. The Labute approximate surface area is 173 Å². The topological polar surface area (TPSA) is 116 Å². The van der Waals surface area contributed by atoms with Gasteiger partial charge in [0.25, 0.3) is 5.56 Å². The van der Waals surface area contributed by atoms with Crippen molar-refractivity contribution in [3.63, 3.8) is 0 Å². The number of benzene rings is 1. The highest BCUT2D eigenvalue weighted by molar-refractivity contribution is 5.90. The number of nitrogens with zero attached hydrogens (tertiary/aromatic N) is 3. The number of fused-ring (bicyclic) bond motifs is 1. The number of hydrogen-bond acceptors (Lipinski definition) is 5. The largest absolute Gasteiger partial charge is 0.336 e. The molecule has 30 heavy (non-hydrogen) atoms. The summed E-state index contributed by atoms with van der Waals surface area (Å²) < 4.78 is 1.27. The summed E-state index contributed by atoms with van der Waals surface area (Å²) in [4.78, 5) is 47.7. The van der Waals surface area contributed by atoms with Crippen molar-refractivity contribution in [3.8, 4) is 0 Å². The van der Waals surface area contributed by atoms with Crippen LogP contribution in [0.3, 0.4) is 0 Å². The Morgan fingerprint density at radius 3 is 2.57 bits per heavy atom. The number of aromatic amines is 2. The Morgan fingerprint density at radius 1 is 1.10 bits per heavy atom. The van der Waals surface area contributed by atoms with Gasteiger partial charge in [-0.3, -0.25) is 19.1 Å². The highest BCUT2D eigenvalue weighted by Gasteiger charge is 2.13. The molecule has 0 spiro atoms. The molecule has 9 nitrogen and oxygen atoms in total. The van der Waals surface area contributed by atoms with E-state index in [1.807, 2.05) is 12.1 Å². The van der Waals surface area contributed by atoms with E-state index in [9.17, 15) is 14.4 Å². The van der Waals surface area contributed by atoms with Gasteiger partial charge in [-0.2, -0.15) is 0 Å². The molecule has 1 aliphatic rings. The van der Waals surface area contributed by atoms with Crippen molar-refractivity contribution in [3.05, 3.63) is 56.5 Å². The van der Waals surface area contributed by atoms with Crippen LogP contribution in [0.15, 0.2) is 33.9 Å². The predicted octanol–water partition coefficient (Wildman–Crippen LogP) is 1.16. The lowest BCUT2D eigenvalue weighted by atomic mass is 10.1. The molecule has 0 atom stereocenters. The van der Waals surface area contributed by atoms with Crippen LogP contribution in [0, 0.1) is 0 Å². The number of carbonyl (C=O) groups excluding carboxylic acids is 1. The van der Waals surface area contributed by atoms with Crippen LogP contribution in [-0.4, -0.2) is 50.0 Å². The summed E-state index contributed by atoms with van der Waals surface area (Å²) >= 11 is 0. The molecular formula is C21H26N6O3. The number of H-pyrrole nitrogens is 2. The fraction of sp³-hybridized carbons (Fsp3) is 0.429. The Kier molecular flexibility index (Phi) is 5.80. The summed E-state index contributed by atoms with van der Waals surface area (Å²) in [6, 6.07) is 7.96. The summed E-state index contributed by atoms with van der Waals surface area (Å²) in [5.41, 5.74) is 1.50. The molecule has 0 saturated carbocycles. The maximum atomic E-state index is 12.3. The molecule has 1 aromatic carbocycles. The summed E-state index contributed by atoms with van der Waals surface area (Å²) in [6.45, 7) is 3.48. The zero-order chi connectivity index (χ0) is 21.1. The van der Waals surface area contributed by atoms with E-state index in [0.717, 1.165) is 18.7 Å². The molecule has 4 rings (SSSR count). The van der Waals surface area contributed by atoms with E-state index >= 15 is 0 Å². The van der Waals surface area contributed by atoms with Gasteiger partial charge >= 0.3 is 5.69 Å². The number of likely N-dealkylation sites (tertiary alicyclic amines) is 1. The molecule has 2 aromatic heterocycles. The minimum Gasteiger partial charge on any atom is -0.336 e. The van der Waals surface area contributed by atoms with Gasteiger partial charge < -0.3 is 15.2 Å². The number of aryl methyl sites for hydroxylation is 2. The fourth-order valence-electron chi connectivity index (χ4n) is 3.77. The Morgan fingerprint density at radius 2 is 1.83 bits per heavy atom. The molecule has 1 aliphatic heterocycles. The van der Waals surface area contributed by atoms with E-state index in [4.69, 9.17) is 0 Å². The highest BCUT2D eigenvalue weighted by atomic mass is 16.2. The zero-order valence-corrected chi connectivity index (χ0v) is 17.0. The van der Waals surface area contributed by atoms with Gasteiger partial charge in [0.05, 0.1) is 0 Å². The Hall–Kier alpha value is -3.20. The number of amides is 1. The molecule has 1 saturated heterocycles. The van der Waals surface area contributed by atoms with E-state index in [0.29, 0.717) is 12.2 Å². The molecule has 1 amide bonds. The summed E-state index contributed by atoms with van der Waals surface area (Å²) in [5.74, 6) is 0.354. The van der Waals surface area contributed by atoms with Gasteiger partial charge in [-0.25, -0.2) is 9.78 Å². The summed E-state index contributed by atoms with van der Waals surface area (Å²) in [6.07, 6.45) is 4.16. The lowest BCUT2D eigenvalue weighted by molar-refractivity contribution is -0.116. The van der Waals surface area contributed by atoms with Gasteiger partial charge in [-0.05, 0) is 50.0 Å². The van der Waals surface area contributed by atoms with E-state index in [2.05, 4.69) is 37.3 Å². The van der Waals surface area contributed by atoms with Crippen molar-refractivity contribution in [2.45, 2.75) is 32.1 Å². The third kappa shape index (κ3) is 4.51. The third-order valence-corrected chi connectivity index (χ3v) is 5.55. The van der Waals surface area contributed by atoms with Crippen LogP contribution >= 0.6 is 0 Å². The summed E-state index contributed by atoms with van der Waals surface area (Å²) in [7, 11) is 1.53. The zero-order valence-electron chi connectivity index (χ0n) is 17.0. The van der Waals surface area contributed by atoms with Crippen LogP contribution in [0.25, 0.3) is 11.2 Å². The normalized spacial score (nSPS) is 14.4. The standard InChI is InChI=1S/C21H26N6O3/c1-26-19-18(20(29)25-21(26)30)23-16(24-19)8-9-17(28)22-15-6-4-14(5-7-15)10-13-27-11-2-3-12-27/h4-7H,2-3,8-13H2,1H3,(H,22,28)(H,23,24)(H,25,29,30). The molecular weight excluding hydrogens is 384 g/mol. The quantitative estimate of drug-likeness (QED) is 0.541. The van der Waals surface area contributed by atoms with Crippen LogP contribution in [0.4, 0.5) is 5.69 Å².